The van der Waals surface area contributed by atoms with Crippen LogP contribution < -0.4 is 20.5 Å². The average Bonchev–Trinajstić information content (AvgIpc) is 2.85. The molecular formula is C12H14N4O3. The number of carbonyl (C=O) groups excluding carboxylic acids is 1. The van der Waals surface area contributed by atoms with Gasteiger partial charge >= 0.3 is 0 Å². The number of benzene rings is 1. The molecule has 7 heteroatoms. The summed E-state index contributed by atoms with van der Waals surface area (Å²) in [6, 6.07) is 5.06. The molecule has 1 amide bonds. The molecular weight excluding hydrogens is 248 g/mol. The molecule has 0 fully saturated rings. The van der Waals surface area contributed by atoms with Crippen molar-refractivity contribution in [3.63, 3.8) is 0 Å². The first-order valence-electron chi connectivity index (χ1n) is 5.48. The van der Waals surface area contributed by atoms with E-state index in [2.05, 4.69) is 15.5 Å². The number of nitrogens with one attached hydrogen (secondary N) is 2. The normalized spacial score (nSPS) is 10.0. The SMILES string of the molecule is COc1ccc(NC(=O)c2[nH]ncc2N)cc1OC. The van der Waals surface area contributed by atoms with E-state index in [0.29, 0.717) is 17.2 Å². The number of aromatic nitrogens is 2. The first-order valence-corrected chi connectivity index (χ1v) is 5.48. The average molecular weight is 262 g/mol. The van der Waals surface area contributed by atoms with E-state index in [9.17, 15) is 4.79 Å². The third-order valence-corrected chi connectivity index (χ3v) is 2.54. The molecule has 0 bridgehead atoms. The van der Waals surface area contributed by atoms with E-state index in [1.165, 1.54) is 13.3 Å². The zero-order valence-corrected chi connectivity index (χ0v) is 10.6. The Morgan fingerprint density at radius 1 is 1.32 bits per heavy atom. The number of nitrogens with two attached hydrogens (primary N) is 1. The van der Waals surface area contributed by atoms with Crippen LogP contribution in [0.2, 0.25) is 0 Å². The Morgan fingerprint density at radius 2 is 2.05 bits per heavy atom. The Bertz CT molecular complexity index is 594. The van der Waals surface area contributed by atoms with Gasteiger partial charge in [-0.15, -0.1) is 0 Å². The summed E-state index contributed by atoms with van der Waals surface area (Å²) >= 11 is 0. The number of hydrogen-bond donors (Lipinski definition) is 3. The van der Waals surface area contributed by atoms with Crippen molar-refractivity contribution in [2.45, 2.75) is 0 Å². The number of methoxy groups -OCH3 is 2. The van der Waals surface area contributed by atoms with Crippen LogP contribution in [0.3, 0.4) is 0 Å². The third-order valence-electron chi connectivity index (χ3n) is 2.54. The van der Waals surface area contributed by atoms with Crippen molar-refractivity contribution in [3.05, 3.63) is 30.1 Å². The Hall–Kier alpha value is -2.70. The molecule has 0 radical (unpaired) electrons. The minimum Gasteiger partial charge on any atom is -0.493 e. The van der Waals surface area contributed by atoms with Gasteiger partial charge in [-0.3, -0.25) is 9.89 Å². The molecule has 1 heterocycles. The molecule has 0 aliphatic heterocycles. The van der Waals surface area contributed by atoms with E-state index >= 15 is 0 Å². The highest BCUT2D eigenvalue weighted by Gasteiger charge is 2.13. The zero-order valence-electron chi connectivity index (χ0n) is 10.6. The van der Waals surface area contributed by atoms with E-state index in [0.717, 1.165) is 0 Å². The van der Waals surface area contributed by atoms with Crippen molar-refractivity contribution in [2.75, 3.05) is 25.3 Å². The number of rotatable bonds is 4. The fraction of sp³-hybridized carbons (Fsp3) is 0.167. The maximum atomic E-state index is 11.9. The van der Waals surface area contributed by atoms with E-state index < -0.39 is 0 Å². The van der Waals surface area contributed by atoms with E-state index in [1.54, 1.807) is 25.3 Å². The smallest absolute Gasteiger partial charge is 0.275 e. The van der Waals surface area contributed by atoms with Crippen molar-refractivity contribution < 1.29 is 14.3 Å². The van der Waals surface area contributed by atoms with Gasteiger partial charge in [0.05, 0.1) is 26.1 Å². The van der Waals surface area contributed by atoms with Crippen LogP contribution in [-0.4, -0.2) is 30.3 Å². The second-order valence-electron chi connectivity index (χ2n) is 3.72. The van der Waals surface area contributed by atoms with Gasteiger partial charge in [0.1, 0.15) is 5.69 Å². The summed E-state index contributed by atoms with van der Waals surface area (Å²) in [6.07, 6.45) is 1.38. The highest BCUT2D eigenvalue weighted by Crippen LogP contribution is 2.29. The summed E-state index contributed by atoms with van der Waals surface area (Å²) in [4.78, 5) is 11.9. The summed E-state index contributed by atoms with van der Waals surface area (Å²) < 4.78 is 10.3. The van der Waals surface area contributed by atoms with Gasteiger partial charge in [0.25, 0.3) is 5.91 Å². The first-order chi connectivity index (χ1) is 9.15. The molecule has 1 aromatic heterocycles. The number of carbonyl (C=O) groups is 1. The Balaban J connectivity index is 2.20. The number of nitrogens with zero attached hydrogens (tertiary/aromatic N) is 1. The van der Waals surface area contributed by atoms with E-state index in [-0.39, 0.29) is 17.3 Å². The van der Waals surface area contributed by atoms with Gasteiger partial charge in [-0.1, -0.05) is 0 Å². The highest BCUT2D eigenvalue weighted by atomic mass is 16.5. The van der Waals surface area contributed by atoms with Crippen LogP contribution >= 0.6 is 0 Å². The lowest BCUT2D eigenvalue weighted by molar-refractivity contribution is 0.102. The lowest BCUT2D eigenvalue weighted by atomic mass is 10.2. The summed E-state index contributed by atoms with van der Waals surface area (Å²) in [7, 11) is 3.07. The van der Waals surface area contributed by atoms with Crippen LogP contribution in [0.5, 0.6) is 11.5 Å². The molecule has 2 rings (SSSR count). The zero-order chi connectivity index (χ0) is 13.8. The number of amides is 1. The Kier molecular flexibility index (Phi) is 3.56. The van der Waals surface area contributed by atoms with Crippen LogP contribution in [0, 0.1) is 0 Å². The number of hydrogen-bond acceptors (Lipinski definition) is 5. The van der Waals surface area contributed by atoms with Crippen LogP contribution in [0.1, 0.15) is 10.5 Å². The molecule has 0 aliphatic carbocycles. The summed E-state index contributed by atoms with van der Waals surface area (Å²) in [6.45, 7) is 0. The van der Waals surface area contributed by atoms with Gasteiger partial charge in [-0.05, 0) is 12.1 Å². The number of ether oxygens (including phenoxy) is 2. The summed E-state index contributed by atoms with van der Waals surface area (Å²) in [5, 5.41) is 8.91. The maximum Gasteiger partial charge on any atom is 0.275 e. The van der Waals surface area contributed by atoms with Crippen molar-refractivity contribution in [3.8, 4) is 11.5 Å². The van der Waals surface area contributed by atoms with Gasteiger partial charge in [0.15, 0.2) is 11.5 Å². The molecule has 100 valence electrons. The molecule has 0 saturated heterocycles. The molecule has 7 nitrogen and oxygen atoms in total. The van der Waals surface area contributed by atoms with Gasteiger partial charge in [-0.25, -0.2) is 0 Å². The Labute approximate surface area is 109 Å². The molecule has 4 N–H and O–H groups in total. The minimum atomic E-state index is -0.373. The fourth-order valence-electron chi connectivity index (χ4n) is 1.58. The van der Waals surface area contributed by atoms with Crippen LogP contribution in [0.15, 0.2) is 24.4 Å². The van der Waals surface area contributed by atoms with E-state index in [1.807, 2.05) is 0 Å². The largest absolute Gasteiger partial charge is 0.493 e. The monoisotopic (exact) mass is 262 g/mol. The number of nitrogen functional groups attached to an aromatic ring is 1. The maximum absolute atomic E-state index is 11.9. The second kappa shape index (κ2) is 5.30. The van der Waals surface area contributed by atoms with Gasteiger partial charge < -0.3 is 20.5 Å². The predicted octanol–water partition coefficient (Wildman–Crippen LogP) is 1.26. The lowest BCUT2D eigenvalue weighted by Crippen LogP contribution is -2.14. The van der Waals surface area contributed by atoms with Crippen molar-refractivity contribution in [1.29, 1.82) is 0 Å². The molecule has 0 spiro atoms. The highest BCUT2D eigenvalue weighted by molar-refractivity contribution is 6.06. The van der Waals surface area contributed by atoms with Crippen LogP contribution in [-0.2, 0) is 0 Å². The predicted molar refractivity (Wildman–Crippen MR) is 70.5 cm³/mol. The Morgan fingerprint density at radius 3 is 2.63 bits per heavy atom. The topological polar surface area (TPSA) is 102 Å². The van der Waals surface area contributed by atoms with Crippen molar-refractivity contribution in [2.24, 2.45) is 0 Å². The molecule has 0 saturated carbocycles. The summed E-state index contributed by atoms with van der Waals surface area (Å²) in [5.41, 5.74) is 6.67. The number of H-pyrrole nitrogens is 1. The first kappa shape index (κ1) is 12.7. The third kappa shape index (κ3) is 2.59. The minimum absolute atomic E-state index is 0.217. The van der Waals surface area contributed by atoms with E-state index in [4.69, 9.17) is 15.2 Å². The standard InChI is InChI=1S/C12H14N4O3/c1-18-9-4-3-7(5-10(9)19-2)15-12(17)11-8(13)6-14-16-11/h3-6H,13H2,1-2H3,(H,14,16)(H,15,17). The lowest BCUT2D eigenvalue weighted by Gasteiger charge is -2.10. The fourth-order valence-corrected chi connectivity index (χ4v) is 1.58. The van der Waals surface area contributed by atoms with Crippen molar-refractivity contribution >= 4 is 17.3 Å². The van der Waals surface area contributed by atoms with Gasteiger partial charge in [0.2, 0.25) is 0 Å². The van der Waals surface area contributed by atoms with Crippen molar-refractivity contribution in [1.82, 2.24) is 10.2 Å². The molecule has 0 aliphatic rings. The molecule has 0 atom stereocenters. The van der Waals surface area contributed by atoms with Crippen LogP contribution in [0.25, 0.3) is 0 Å². The van der Waals surface area contributed by atoms with Gasteiger partial charge in [0, 0.05) is 11.8 Å². The van der Waals surface area contributed by atoms with Gasteiger partial charge in [-0.2, -0.15) is 5.10 Å². The van der Waals surface area contributed by atoms with Crippen LogP contribution in [0.4, 0.5) is 11.4 Å². The molecule has 19 heavy (non-hydrogen) atoms. The second-order valence-corrected chi connectivity index (χ2v) is 3.72. The number of aromatic amines is 1. The molecule has 1 aromatic carbocycles. The summed E-state index contributed by atoms with van der Waals surface area (Å²) in [5.74, 6) is 0.738. The molecule has 2 aromatic rings. The quantitative estimate of drug-likeness (QED) is 0.769. The molecule has 0 unspecified atom stereocenters. The number of anilines is 2.